The standard InChI is InChI=1S/C15H18O4/c16-10-12-3-1-2-4-14(12)19-13-5-7-18-15(9-13)6-8-17-11-15/h1-4,10,13H,5-9,11H2. The van der Waals surface area contributed by atoms with E-state index in [2.05, 4.69) is 0 Å². The molecule has 4 nitrogen and oxygen atoms in total. The van der Waals surface area contributed by atoms with Crippen molar-refractivity contribution < 1.29 is 19.0 Å². The molecule has 19 heavy (non-hydrogen) atoms. The monoisotopic (exact) mass is 262 g/mol. The maximum Gasteiger partial charge on any atom is 0.153 e. The van der Waals surface area contributed by atoms with E-state index < -0.39 is 0 Å². The summed E-state index contributed by atoms with van der Waals surface area (Å²) in [6, 6.07) is 7.34. The van der Waals surface area contributed by atoms with Crippen LogP contribution in [0.3, 0.4) is 0 Å². The van der Waals surface area contributed by atoms with E-state index >= 15 is 0 Å². The number of para-hydroxylation sites is 1. The number of carbonyl (C=O) groups excluding carboxylic acids is 1. The Labute approximate surface area is 112 Å². The predicted molar refractivity (Wildman–Crippen MR) is 69.6 cm³/mol. The third-order valence-corrected chi connectivity index (χ3v) is 3.85. The van der Waals surface area contributed by atoms with Gasteiger partial charge in [0.1, 0.15) is 11.9 Å². The van der Waals surface area contributed by atoms with Crippen LogP contribution in [0.5, 0.6) is 5.75 Å². The Morgan fingerprint density at radius 1 is 1.32 bits per heavy atom. The van der Waals surface area contributed by atoms with Gasteiger partial charge in [0.05, 0.1) is 24.4 Å². The Bertz CT molecular complexity index is 451. The van der Waals surface area contributed by atoms with Gasteiger partial charge in [-0.2, -0.15) is 0 Å². The number of benzene rings is 1. The first-order valence-electron chi connectivity index (χ1n) is 6.74. The SMILES string of the molecule is O=Cc1ccccc1OC1CCOC2(CCOC2)C1. The molecule has 2 aliphatic heterocycles. The average Bonchev–Trinajstić information content (AvgIpc) is 2.87. The van der Waals surface area contributed by atoms with E-state index in [4.69, 9.17) is 14.2 Å². The number of aldehydes is 1. The van der Waals surface area contributed by atoms with Crippen molar-refractivity contribution in [3.05, 3.63) is 29.8 Å². The molecular weight excluding hydrogens is 244 g/mol. The average molecular weight is 262 g/mol. The van der Waals surface area contributed by atoms with E-state index in [1.807, 2.05) is 18.2 Å². The molecule has 0 saturated carbocycles. The lowest BCUT2D eigenvalue weighted by Crippen LogP contribution is -2.44. The van der Waals surface area contributed by atoms with E-state index in [0.29, 0.717) is 24.5 Å². The van der Waals surface area contributed by atoms with Crippen LogP contribution in [-0.2, 0) is 9.47 Å². The molecule has 2 unspecified atom stereocenters. The molecule has 0 radical (unpaired) electrons. The summed E-state index contributed by atoms with van der Waals surface area (Å²) < 4.78 is 17.3. The van der Waals surface area contributed by atoms with Crippen molar-refractivity contribution in [2.24, 2.45) is 0 Å². The van der Waals surface area contributed by atoms with Crippen LogP contribution in [0.1, 0.15) is 29.6 Å². The molecule has 3 rings (SSSR count). The molecule has 1 aromatic rings. The molecule has 0 amide bonds. The molecule has 1 spiro atoms. The summed E-state index contributed by atoms with van der Waals surface area (Å²) in [4.78, 5) is 11.0. The lowest BCUT2D eigenvalue weighted by atomic mass is 9.91. The van der Waals surface area contributed by atoms with Crippen LogP contribution in [0.4, 0.5) is 0 Å². The Hall–Kier alpha value is -1.39. The second-order valence-corrected chi connectivity index (χ2v) is 5.22. The van der Waals surface area contributed by atoms with Crippen molar-refractivity contribution >= 4 is 6.29 Å². The van der Waals surface area contributed by atoms with Gasteiger partial charge in [-0.3, -0.25) is 4.79 Å². The van der Waals surface area contributed by atoms with Gasteiger partial charge < -0.3 is 14.2 Å². The quantitative estimate of drug-likeness (QED) is 0.783. The third kappa shape index (κ3) is 2.65. The first-order chi connectivity index (χ1) is 9.31. The van der Waals surface area contributed by atoms with Gasteiger partial charge in [-0.25, -0.2) is 0 Å². The van der Waals surface area contributed by atoms with Crippen molar-refractivity contribution in [1.82, 2.24) is 0 Å². The molecule has 2 fully saturated rings. The van der Waals surface area contributed by atoms with Crippen molar-refractivity contribution in [1.29, 1.82) is 0 Å². The summed E-state index contributed by atoms with van der Waals surface area (Å²) in [5, 5.41) is 0. The van der Waals surface area contributed by atoms with Crippen LogP contribution in [0.15, 0.2) is 24.3 Å². The van der Waals surface area contributed by atoms with Crippen LogP contribution in [0.2, 0.25) is 0 Å². The molecule has 2 heterocycles. The summed E-state index contributed by atoms with van der Waals surface area (Å²) in [7, 11) is 0. The summed E-state index contributed by atoms with van der Waals surface area (Å²) in [6.07, 6.45) is 3.55. The fourth-order valence-corrected chi connectivity index (χ4v) is 2.81. The van der Waals surface area contributed by atoms with E-state index in [1.54, 1.807) is 6.07 Å². The highest BCUT2D eigenvalue weighted by atomic mass is 16.6. The summed E-state index contributed by atoms with van der Waals surface area (Å²) >= 11 is 0. The molecular formula is C15H18O4. The van der Waals surface area contributed by atoms with E-state index in [1.165, 1.54) is 0 Å². The van der Waals surface area contributed by atoms with E-state index in [0.717, 1.165) is 32.2 Å². The smallest absolute Gasteiger partial charge is 0.153 e. The zero-order valence-electron chi connectivity index (χ0n) is 10.8. The molecule has 0 N–H and O–H groups in total. The molecule has 2 aliphatic rings. The van der Waals surface area contributed by atoms with Crippen LogP contribution in [-0.4, -0.2) is 37.8 Å². The van der Waals surface area contributed by atoms with E-state index in [9.17, 15) is 4.79 Å². The number of rotatable bonds is 3. The molecule has 1 aromatic carbocycles. The van der Waals surface area contributed by atoms with Gasteiger partial charge in [-0.05, 0) is 12.1 Å². The number of ether oxygens (including phenoxy) is 3. The minimum Gasteiger partial charge on any atom is -0.489 e. The predicted octanol–water partition coefficient (Wildman–Crippen LogP) is 2.22. The van der Waals surface area contributed by atoms with Gasteiger partial charge in [0.25, 0.3) is 0 Å². The molecule has 0 bridgehead atoms. The van der Waals surface area contributed by atoms with E-state index in [-0.39, 0.29) is 11.7 Å². The van der Waals surface area contributed by atoms with Gasteiger partial charge in [0.2, 0.25) is 0 Å². The zero-order valence-corrected chi connectivity index (χ0v) is 10.8. The van der Waals surface area contributed by atoms with Crippen LogP contribution < -0.4 is 4.74 Å². The number of hydrogen-bond acceptors (Lipinski definition) is 4. The summed E-state index contributed by atoms with van der Waals surface area (Å²) in [5.74, 6) is 0.665. The highest BCUT2D eigenvalue weighted by Crippen LogP contribution is 2.34. The number of hydrogen-bond donors (Lipinski definition) is 0. The van der Waals surface area contributed by atoms with Crippen molar-refractivity contribution in [3.8, 4) is 5.75 Å². The van der Waals surface area contributed by atoms with Gasteiger partial charge >= 0.3 is 0 Å². The fourth-order valence-electron chi connectivity index (χ4n) is 2.81. The van der Waals surface area contributed by atoms with Crippen LogP contribution in [0, 0.1) is 0 Å². The lowest BCUT2D eigenvalue weighted by molar-refractivity contribution is -0.112. The third-order valence-electron chi connectivity index (χ3n) is 3.85. The largest absolute Gasteiger partial charge is 0.489 e. The number of carbonyl (C=O) groups is 1. The lowest BCUT2D eigenvalue weighted by Gasteiger charge is -2.37. The first kappa shape index (κ1) is 12.6. The second kappa shape index (κ2) is 5.31. The second-order valence-electron chi connectivity index (χ2n) is 5.22. The van der Waals surface area contributed by atoms with Crippen molar-refractivity contribution in [2.75, 3.05) is 19.8 Å². The minimum atomic E-state index is -0.168. The topological polar surface area (TPSA) is 44.8 Å². The van der Waals surface area contributed by atoms with Gasteiger partial charge in [0.15, 0.2) is 6.29 Å². The maximum absolute atomic E-state index is 11.0. The Morgan fingerprint density at radius 3 is 3.00 bits per heavy atom. The fraction of sp³-hybridized carbons (Fsp3) is 0.533. The van der Waals surface area contributed by atoms with Gasteiger partial charge in [-0.1, -0.05) is 12.1 Å². The Kier molecular flexibility index (Phi) is 3.53. The first-order valence-corrected chi connectivity index (χ1v) is 6.74. The normalized spacial score (nSPS) is 30.4. The highest BCUT2D eigenvalue weighted by Gasteiger charge is 2.41. The Balaban J connectivity index is 1.71. The molecule has 2 atom stereocenters. The minimum absolute atomic E-state index is 0.0940. The van der Waals surface area contributed by atoms with Crippen LogP contribution >= 0.6 is 0 Å². The van der Waals surface area contributed by atoms with Gasteiger partial charge in [-0.15, -0.1) is 0 Å². The molecule has 102 valence electrons. The van der Waals surface area contributed by atoms with Crippen LogP contribution in [0.25, 0.3) is 0 Å². The maximum atomic E-state index is 11.0. The van der Waals surface area contributed by atoms with Gasteiger partial charge in [0, 0.05) is 25.9 Å². The molecule has 2 saturated heterocycles. The molecule has 0 aromatic heterocycles. The Morgan fingerprint density at radius 2 is 2.21 bits per heavy atom. The highest BCUT2D eigenvalue weighted by molar-refractivity contribution is 5.79. The summed E-state index contributed by atoms with van der Waals surface area (Å²) in [5.41, 5.74) is 0.435. The van der Waals surface area contributed by atoms with Crippen molar-refractivity contribution in [2.45, 2.75) is 31.0 Å². The zero-order chi connectivity index (χ0) is 13.1. The summed E-state index contributed by atoms with van der Waals surface area (Å²) in [6.45, 7) is 2.11. The molecule has 0 aliphatic carbocycles. The van der Waals surface area contributed by atoms with Crippen molar-refractivity contribution in [3.63, 3.8) is 0 Å². The molecule has 4 heteroatoms.